The molecule has 6 heteroatoms. The fraction of sp³-hybridized carbons (Fsp3) is 0.125. The molecule has 0 bridgehead atoms. The molecule has 0 fully saturated rings. The van der Waals surface area contributed by atoms with E-state index in [9.17, 15) is 14.4 Å². The highest BCUT2D eigenvalue weighted by Gasteiger charge is 2.36. The number of fused-ring (bicyclic) bond motifs is 1. The minimum Gasteiger partial charge on any atom is -0.491 e. The third kappa shape index (κ3) is 4.07. The molecule has 6 nitrogen and oxygen atoms in total. The molecule has 3 aromatic carbocycles. The molecule has 0 unspecified atom stereocenters. The molecule has 0 saturated heterocycles. The number of carbonyl (C=O) groups is 3. The summed E-state index contributed by atoms with van der Waals surface area (Å²) in [7, 11) is 0. The highest BCUT2D eigenvalue weighted by Crippen LogP contribution is 2.25. The summed E-state index contributed by atoms with van der Waals surface area (Å²) in [6.45, 7) is 0.0972. The van der Waals surface area contributed by atoms with Crippen molar-refractivity contribution in [2.75, 3.05) is 18.5 Å². The fourth-order valence-corrected chi connectivity index (χ4v) is 3.34. The van der Waals surface area contributed by atoms with Crippen molar-refractivity contribution in [1.82, 2.24) is 4.90 Å². The molecule has 0 saturated carbocycles. The summed E-state index contributed by atoms with van der Waals surface area (Å²) in [4.78, 5) is 38.4. The summed E-state index contributed by atoms with van der Waals surface area (Å²) in [6, 6.07) is 23.6. The zero-order chi connectivity index (χ0) is 20.9. The lowest BCUT2D eigenvalue weighted by Crippen LogP contribution is -2.37. The van der Waals surface area contributed by atoms with E-state index in [0.29, 0.717) is 29.2 Å². The Labute approximate surface area is 174 Å². The summed E-state index contributed by atoms with van der Waals surface area (Å²) in [5.41, 5.74) is 2.29. The average Bonchev–Trinajstić information content (AvgIpc) is 3.01. The lowest BCUT2D eigenvalue weighted by atomic mass is 10.1. The molecular formula is C24H20N2O4. The summed E-state index contributed by atoms with van der Waals surface area (Å²) < 4.78 is 5.84. The molecule has 0 spiro atoms. The second-order valence-corrected chi connectivity index (χ2v) is 6.87. The molecule has 4 rings (SSSR count). The molecule has 1 heterocycles. The lowest BCUT2D eigenvalue weighted by molar-refractivity contribution is -0.116. The van der Waals surface area contributed by atoms with Crippen LogP contribution in [-0.4, -0.2) is 35.8 Å². The van der Waals surface area contributed by atoms with Crippen molar-refractivity contribution in [1.29, 1.82) is 0 Å². The first-order chi connectivity index (χ1) is 14.6. The Balaban J connectivity index is 1.38. The second-order valence-electron chi connectivity index (χ2n) is 6.87. The Morgan fingerprint density at radius 1 is 0.800 bits per heavy atom. The number of para-hydroxylation sites is 2. The molecule has 1 aliphatic rings. The zero-order valence-electron chi connectivity index (χ0n) is 16.2. The number of hydrogen-bond acceptors (Lipinski definition) is 4. The van der Waals surface area contributed by atoms with E-state index >= 15 is 0 Å². The van der Waals surface area contributed by atoms with Crippen LogP contribution in [0.25, 0.3) is 0 Å². The van der Waals surface area contributed by atoms with E-state index in [1.807, 2.05) is 36.4 Å². The van der Waals surface area contributed by atoms with Gasteiger partial charge in [0.1, 0.15) is 12.3 Å². The maximum absolute atomic E-state index is 12.5. The Kier molecular flexibility index (Phi) is 5.57. The van der Waals surface area contributed by atoms with Crippen LogP contribution in [0.5, 0.6) is 5.75 Å². The van der Waals surface area contributed by atoms with E-state index < -0.39 is 17.7 Å². The van der Waals surface area contributed by atoms with Gasteiger partial charge in [-0.25, -0.2) is 0 Å². The summed E-state index contributed by atoms with van der Waals surface area (Å²) in [5.74, 6) is -0.857. The van der Waals surface area contributed by atoms with Crippen LogP contribution in [0.4, 0.5) is 5.69 Å². The molecule has 1 N–H and O–H groups in total. The van der Waals surface area contributed by atoms with Crippen LogP contribution in [0.3, 0.4) is 0 Å². The maximum Gasteiger partial charge on any atom is 0.262 e. The largest absolute Gasteiger partial charge is 0.491 e. The van der Waals surface area contributed by atoms with Gasteiger partial charge in [-0.2, -0.15) is 0 Å². The van der Waals surface area contributed by atoms with Crippen molar-refractivity contribution in [3.8, 4) is 5.75 Å². The first kappa shape index (κ1) is 19.4. The first-order valence-corrected chi connectivity index (χ1v) is 9.64. The molecule has 0 aliphatic carbocycles. The van der Waals surface area contributed by atoms with Gasteiger partial charge in [-0.05, 0) is 29.8 Å². The first-order valence-electron chi connectivity index (χ1n) is 9.64. The molecule has 1 aliphatic heterocycles. The van der Waals surface area contributed by atoms with Crippen LogP contribution in [-0.2, 0) is 11.2 Å². The van der Waals surface area contributed by atoms with Gasteiger partial charge in [0.2, 0.25) is 5.91 Å². The van der Waals surface area contributed by atoms with Crippen molar-refractivity contribution in [2.45, 2.75) is 6.42 Å². The molecule has 3 amide bonds. The predicted octanol–water partition coefficient (Wildman–Crippen LogP) is 3.54. The molecule has 150 valence electrons. The number of nitrogens with one attached hydrogen (secondary N) is 1. The van der Waals surface area contributed by atoms with E-state index in [1.165, 1.54) is 0 Å². The number of hydrogen-bond donors (Lipinski definition) is 1. The summed E-state index contributed by atoms with van der Waals surface area (Å²) >= 11 is 0. The van der Waals surface area contributed by atoms with Crippen LogP contribution in [0, 0.1) is 0 Å². The number of anilines is 1. The number of rotatable bonds is 7. The van der Waals surface area contributed by atoms with Crippen LogP contribution >= 0.6 is 0 Å². The molecule has 0 atom stereocenters. The van der Waals surface area contributed by atoms with Crippen LogP contribution in [0.15, 0.2) is 78.9 Å². The summed E-state index contributed by atoms with van der Waals surface area (Å²) in [6.07, 6.45) is 0.734. The van der Waals surface area contributed by atoms with E-state index in [2.05, 4.69) is 5.32 Å². The maximum atomic E-state index is 12.5. The standard InChI is InChI=1S/C24H20N2O4/c27-22(16-26-23(28)18-10-4-5-11-19(18)24(26)29)25-20-12-6-7-13-21(20)30-15-14-17-8-2-1-3-9-17/h1-13H,14-16H2,(H,25,27). The Morgan fingerprint density at radius 3 is 2.10 bits per heavy atom. The Bertz CT molecular complexity index is 1060. The number of amides is 3. The molecule has 0 aromatic heterocycles. The van der Waals surface area contributed by atoms with Gasteiger partial charge in [0.25, 0.3) is 11.8 Å². The topological polar surface area (TPSA) is 75.7 Å². The number of nitrogens with zero attached hydrogens (tertiary/aromatic N) is 1. The van der Waals surface area contributed by atoms with E-state index in [4.69, 9.17) is 4.74 Å². The highest BCUT2D eigenvalue weighted by molar-refractivity contribution is 6.22. The zero-order valence-corrected chi connectivity index (χ0v) is 16.2. The minimum absolute atomic E-state index is 0.319. The number of ether oxygens (including phenoxy) is 1. The molecule has 3 aromatic rings. The van der Waals surface area contributed by atoms with E-state index in [1.54, 1.807) is 42.5 Å². The average molecular weight is 400 g/mol. The van der Waals surface area contributed by atoms with Crippen LogP contribution in [0.2, 0.25) is 0 Å². The van der Waals surface area contributed by atoms with Gasteiger partial charge in [-0.3, -0.25) is 19.3 Å². The molecule has 0 radical (unpaired) electrons. The smallest absolute Gasteiger partial charge is 0.262 e. The quantitative estimate of drug-likeness (QED) is 0.616. The van der Waals surface area contributed by atoms with E-state index in [-0.39, 0.29) is 6.54 Å². The second kappa shape index (κ2) is 8.61. The van der Waals surface area contributed by atoms with Crippen molar-refractivity contribution in [3.63, 3.8) is 0 Å². The van der Waals surface area contributed by atoms with Crippen LogP contribution in [0.1, 0.15) is 26.3 Å². The number of carbonyl (C=O) groups excluding carboxylic acids is 3. The minimum atomic E-state index is -0.469. The van der Waals surface area contributed by atoms with Gasteiger partial charge in [0.05, 0.1) is 23.4 Å². The number of benzene rings is 3. The lowest BCUT2D eigenvalue weighted by Gasteiger charge is -2.16. The van der Waals surface area contributed by atoms with E-state index in [0.717, 1.165) is 16.9 Å². The normalized spacial score (nSPS) is 12.6. The van der Waals surface area contributed by atoms with Crippen molar-refractivity contribution >= 4 is 23.4 Å². The fourth-order valence-electron chi connectivity index (χ4n) is 3.34. The van der Waals surface area contributed by atoms with Crippen molar-refractivity contribution in [2.24, 2.45) is 0 Å². The van der Waals surface area contributed by atoms with Gasteiger partial charge >= 0.3 is 0 Å². The monoisotopic (exact) mass is 400 g/mol. The Morgan fingerprint density at radius 2 is 1.40 bits per heavy atom. The van der Waals surface area contributed by atoms with Gasteiger partial charge in [-0.15, -0.1) is 0 Å². The van der Waals surface area contributed by atoms with Gasteiger partial charge < -0.3 is 10.1 Å². The SMILES string of the molecule is O=C(CN1C(=O)c2ccccc2C1=O)Nc1ccccc1OCCc1ccccc1. The number of imide groups is 1. The highest BCUT2D eigenvalue weighted by atomic mass is 16.5. The van der Waals surface area contributed by atoms with Gasteiger partial charge in [-0.1, -0.05) is 54.6 Å². The third-order valence-electron chi connectivity index (χ3n) is 4.83. The van der Waals surface area contributed by atoms with Gasteiger partial charge in [0, 0.05) is 6.42 Å². The molecule has 30 heavy (non-hydrogen) atoms. The van der Waals surface area contributed by atoms with Crippen molar-refractivity contribution in [3.05, 3.63) is 95.6 Å². The van der Waals surface area contributed by atoms with Crippen molar-refractivity contribution < 1.29 is 19.1 Å². The van der Waals surface area contributed by atoms with Gasteiger partial charge in [0.15, 0.2) is 0 Å². The third-order valence-corrected chi connectivity index (χ3v) is 4.83. The van der Waals surface area contributed by atoms with Crippen LogP contribution < -0.4 is 10.1 Å². The Hall–Kier alpha value is -3.93. The summed E-state index contributed by atoms with van der Waals surface area (Å²) in [5, 5.41) is 2.74. The predicted molar refractivity (Wildman–Crippen MR) is 113 cm³/mol. The molecular weight excluding hydrogens is 380 g/mol.